The maximum absolute atomic E-state index is 6.11. The molecular weight excluding hydrogens is 298 g/mol. The Bertz CT molecular complexity index is 735. The molecule has 0 saturated heterocycles. The highest BCUT2D eigenvalue weighted by Gasteiger charge is 2.15. The van der Waals surface area contributed by atoms with Gasteiger partial charge in [0, 0.05) is 15.8 Å². The van der Waals surface area contributed by atoms with E-state index in [2.05, 4.69) is 54.0 Å². The number of thiophene rings is 1. The Labute approximate surface area is 134 Å². The Hall–Kier alpha value is -1.35. The minimum absolute atomic E-state index is 0.324. The van der Waals surface area contributed by atoms with Crippen LogP contribution < -0.4 is 5.32 Å². The number of hydrogen-bond acceptors (Lipinski definition) is 2. The summed E-state index contributed by atoms with van der Waals surface area (Å²) in [5, 5.41) is 8.05. The Balaban J connectivity index is 1.94. The first-order valence-corrected chi connectivity index (χ1v) is 8.47. The fourth-order valence-electron chi connectivity index (χ4n) is 2.71. The molecule has 0 saturated carbocycles. The van der Waals surface area contributed by atoms with Crippen LogP contribution in [0.15, 0.2) is 53.9 Å². The van der Waals surface area contributed by atoms with E-state index in [0.29, 0.717) is 6.04 Å². The van der Waals surface area contributed by atoms with Crippen LogP contribution in [0, 0.1) is 0 Å². The normalized spacial score (nSPS) is 12.7. The molecule has 0 aliphatic heterocycles. The van der Waals surface area contributed by atoms with Gasteiger partial charge in [0.25, 0.3) is 0 Å². The van der Waals surface area contributed by atoms with Crippen LogP contribution in [0.1, 0.15) is 24.1 Å². The molecule has 0 fully saturated rings. The SMILES string of the molecule is CCNC(Cc1cccc(Cl)c1)c1csc2ccccc12. The zero-order valence-corrected chi connectivity index (χ0v) is 13.5. The molecule has 3 aromatic rings. The summed E-state index contributed by atoms with van der Waals surface area (Å²) in [6, 6.07) is 17.1. The molecule has 1 heterocycles. The molecule has 3 rings (SSSR count). The van der Waals surface area contributed by atoms with E-state index in [1.165, 1.54) is 21.2 Å². The lowest BCUT2D eigenvalue weighted by Gasteiger charge is -2.18. The largest absolute Gasteiger partial charge is 0.310 e. The lowest BCUT2D eigenvalue weighted by Crippen LogP contribution is -2.22. The van der Waals surface area contributed by atoms with Gasteiger partial charge in [-0.1, -0.05) is 48.9 Å². The maximum atomic E-state index is 6.11. The van der Waals surface area contributed by atoms with Crippen molar-refractivity contribution >= 4 is 33.0 Å². The molecule has 0 radical (unpaired) electrons. The summed E-state index contributed by atoms with van der Waals surface area (Å²) in [7, 11) is 0. The van der Waals surface area contributed by atoms with Crippen molar-refractivity contribution in [3.8, 4) is 0 Å². The van der Waals surface area contributed by atoms with E-state index in [1.807, 2.05) is 23.5 Å². The third-order valence-corrected chi connectivity index (χ3v) is 4.88. The lowest BCUT2D eigenvalue weighted by atomic mass is 9.98. The average molecular weight is 316 g/mol. The van der Waals surface area contributed by atoms with Gasteiger partial charge in [-0.25, -0.2) is 0 Å². The third-order valence-electron chi connectivity index (χ3n) is 3.67. The molecule has 1 unspecified atom stereocenters. The number of fused-ring (bicyclic) bond motifs is 1. The van der Waals surface area contributed by atoms with E-state index >= 15 is 0 Å². The minimum atomic E-state index is 0.324. The fourth-order valence-corrected chi connectivity index (χ4v) is 3.93. The van der Waals surface area contributed by atoms with Crippen molar-refractivity contribution < 1.29 is 0 Å². The van der Waals surface area contributed by atoms with Gasteiger partial charge >= 0.3 is 0 Å². The number of benzene rings is 2. The summed E-state index contributed by atoms with van der Waals surface area (Å²) in [6.45, 7) is 3.11. The maximum Gasteiger partial charge on any atom is 0.0408 e. The van der Waals surface area contributed by atoms with Crippen LogP contribution in [0.5, 0.6) is 0 Å². The Morgan fingerprint density at radius 1 is 1.14 bits per heavy atom. The molecular formula is C18H18ClNS. The number of hydrogen-bond donors (Lipinski definition) is 1. The first-order chi connectivity index (χ1) is 10.3. The molecule has 0 spiro atoms. The zero-order chi connectivity index (χ0) is 14.7. The molecule has 108 valence electrons. The quantitative estimate of drug-likeness (QED) is 0.660. The minimum Gasteiger partial charge on any atom is -0.310 e. The van der Waals surface area contributed by atoms with E-state index < -0.39 is 0 Å². The Morgan fingerprint density at radius 3 is 2.81 bits per heavy atom. The summed E-state index contributed by atoms with van der Waals surface area (Å²) in [5.41, 5.74) is 2.65. The number of rotatable bonds is 5. The summed E-state index contributed by atoms with van der Waals surface area (Å²) in [4.78, 5) is 0. The smallest absolute Gasteiger partial charge is 0.0408 e. The van der Waals surface area contributed by atoms with Crippen LogP contribution >= 0.6 is 22.9 Å². The van der Waals surface area contributed by atoms with E-state index in [9.17, 15) is 0 Å². The van der Waals surface area contributed by atoms with Gasteiger partial charge in [-0.05, 0) is 53.1 Å². The van der Waals surface area contributed by atoms with Crippen molar-refractivity contribution in [3.63, 3.8) is 0 Å². The molecule has 1 N–H and O–H groups in total. The van der Waals surface area contributed by atoms with E-state index in [-0.39, 0.29) is 0 Å². The first kappa shape index (κ1) is 14.6. The highest BCUT2D eigenvalue weighted by Crippen LogP contribution is 2.32. The molecule has 1 aromatic heterocycles. The third kappa shape index (κ3) is 3.29. The van der Waals surface area contributed by atoms with E-state index in [1.54, 1.807) is 0 Å². The highest BCUT2D eigenvalue weighted by atomic mass is 35.5. The molecule has 3 heteroatoms. The Kier molecular flexibility index (Phi) is 4.59. The van der Waals surface area contributed by atoms with Crippen molar-refractivity contribution in [2.45, 2.75) is 19.4 Å². The molecule has 21 heavy (non-hydrogen) atoms. The molecule has 2 aromatic carbocycles. The van der Waals surface area contributed by atoms with Gasteiger partial charge < -0.3 is 5.32 Å². The van der Waals surface area contributed by atoms with Gasteiger partial charge in [0.1, 0.15) is 0 Å². The summed E-state index contributed by atoms with van der Waals surface area (Å²) in [5.74, 6) is 0. The number of likely N-dealkylation sites (N-methyl/N-ethyl adjacent to an activating group) is 1. The van der Waals surface area contributed by atoms with Crippen molar-refractivity contribution in [2.75, 3.05) is 6.54 Å². The van der Waals surface area contributed by atoms with E-state index in [4.69, 9.17) is 11.6 Å². The van der Waals surface area contributed by atoms with Crippen LogP contribution in [0.25, 0.3) is 10.1 Å². The second kappa shape index (κ2) is 6.61. The van der Waals surface area contributed by atoms with Gasteiger partial charge in [0.2, 0.25) is 0 Å². The second-order valence-electron chi connectivity index (χ2n) is 5.13. The van der Waals surface area contributed by atoms with E-state index in [0.717, 1.165) is 18.0 Å². The van der Waals surface area contributed by atoms with Gasteiger partial charge in [0.15, 0.2) is 0 Å². The van der Waals surface area contributed by atoms with Crippen molar-refractivity contribution in [1.82, 2.24) is 5.32 Å². The van der Waals surface area contributed by atoms with Crippen molar-refractivity contribution in [1.29, 1.82) is 0 Å². The topological polar surface area (TPSA) is 12.0 Å². The van der Waals surface area contributed by atoms with Gasteiger partial charge in [-0.15, -0.1) is 11.3 Å². The number of nitrogens with one attached hydrogen (secondary N) is 1. The summed E-state index contributed by atoms with van der Waals surface area (Å²) < 4.78 is 1.35. The molecule has 0 amide bonds. The fraction of sp³-hybridized carbons (Fsp3) is 0.222. The monoisotopic (exact) mass is 315 g/mol. The molecule has 0 aliphatic rings. The summed E-state index contributed by atoms with van der Waals surface area (Å²) in [6.07, 6.45) is 0.953. The lowest BCUT2D eigenvalue weighted by molar-refractivity contribution is 0.554. The molecule has 1 atom stereocenters. The van der Waals surface area contributed by atoms with Crippen LogP contribution in [-0.2, 0) is 6.42 Å². The van der Waals surface area contributed by atoms with Gasteiger partial charge in [-0.2, -0.15) is 0 Å². The van der Waals surface area contributed by atoms with Gasteiger partial charge in [-0.3, -0.25) is 0 Å². The predicted octanol–water partition coefficient (Wildman–Crippen LogP) is 5.45. The van der Waals surface area contributed by atoms with Crippen LogP contribution in [0.4, 0.5) is 0 Å². The highest BCUT2D eigenvalue weighted by molar-refractivity contribution is 7.17. The van der Waals surface area contributed by atoms with Crippen LogP contribution in [-0.4, -0.2) is 6.54 Å². The average Bonchev–Trinajstić information content (AvgIpc) is 2.91. The van der Waals surface area contributed by atoms with Crippen molar-refractivity contribution in [2.24, 2.45) is 0 Å². The van der Waals surface area contributed by atoms with Gasteiger partial charge in [0.05, 0.1) is 0 Å². The van der Waals surface area contributed by atoms with Crippen molar-refractivity contribution in [3.05, 3.63) is 70.1 Å². The van der Waals surface area contributed by atoms with Crippen LogP contribution in [0.3, 0.4) is 0 Å². The Morgan fingerprint density at radius 2 is 2.00 bits per heavy atom. The number of halogens is 1. The molecule has 0 aliphatic carbocycles. The predicted molar refractivity (Wildman–Crippen MR) is 93.4 cm³/mol. The summed E-state index contributed by atoms with van der Waals surface area (Å²) >= 11 is 7.92. The zero-order valence-electron chi connectivity index (χ0n) is 12.0. The first-order valence-electron chi connectivity index (χ1n) is 7.22. The second-order valence-corrected chi connectivity index (χ2v) is 6.48. The standard InChI is InChI=1S/C18H18ClNS/c1-2-20-17(11-13-6-5-7-14(19)10-13)16-12-21-18-9-4-3-8-15(16)18/h3-10,12,17,20H,2,11H2,1H3. The molecule has 0 bridgehead atoms. The molecule has 1 nitrogen and oxygen atoms in total. The van der Waals surface area contributed by atoms with Crippen LogP contribution in [0.2, 0.25) is 5.02 Å².